The van der Waals surface area contributed by atoms with Gasteiger partial charge >= 0.3 is 0 Å². The fourth-order valence-corrected chi connectivity index (χ4v) is 1.73. The van der Waals surface area contributed by atoms with Gasteiger partial charge in [0.15, 0.2) is 5.82 Å². The summed E-state index contributed by atoms with van der Waals surface area (Å²) >= 11 is 0. The summed E-state index contributed by atoms with van der Waals surface area (Å²) in [5.74, 6) is 0.205. The first-order valence-corrected chi connectivity index (χ1v) is 6.18. The van der Waals surface area contributed by atoms with Gasteiger partial charge in [0.05, 0.1) is 0 Å². The number of tetrazole rings is 1. The standard InChI is InChI=1S/C13H18FN5/c1-13(2,3)6-7-19-12(16-17-18-19)10-5-4-9(14)8-11(10)15/h4-5,8H,6-7,15H2,1-3H3. The molecular weight excluding hydrogens is 245 g/mol. The fraction of sp³-hybridized carbons (Fsp3) is 0.462. The molecule has 0 spiro atoms. The zero-order valence-corrected chi connectivity index (χ0v) is 11.4. The smallest absolute Gasteiger partial charge is 0.184 e. The van der Waals surface area contributed by atoms with E-state index in [2.05, 4.69) is 36.3 Å². The number of aryl methyl sites for hydroxylation is 1. The number of rotatable bonds is 3. The Labute approximate surface area is 111 Å². The number of nitrogen functional groups attached to an aromatic ring is 1. The monoisotopic (exact) mass is 263 g/mol. The zero-order chi connectivity index (χ0) is 14.0. The number of benzene rings is 1. The average molecular weight is 263 g/mol. The minimum absolute atomic E-state index is 0.192. The summed E-state index contributed by atoms with van der Waals surface area (Å²) < 4.78 is 14.8. The van der Waals surface area contributed by atoms with E-state index in [1.165, 1.54) is 12.1 Å². The summed E-state index contributed by atoms with van der Waals surface area (Å²) in [6, 6.07) is 4.23. The summed E-state index contributed by atoms with van der Waals surface area (Å²) in [7, 11) is 0. The second-order valence-corrected chi connectivity index (χ2v) is 5.77. The molecule has 0 unspecified atom stereocenters. The zero-order valence-electron chi connectivity index (χ0n) is 11.4. The van der Waals surface area contributed by atoms with Gasteiger partial charge in [0.25, 0.3) is 0 Å². The van der Waals surface area contributed by atoms with Gasteiger partial charge in [0, 0.05) is 17.8 Å². The molecular formula is C13H18FN5. The van der Waals surface area contributed by atoms with Crippen molar-refractivity contribution < 1.29 is 4.39 Å². The van der Waals surface area contributed by atoms with Crippen molar-refractivity contribution in [1.29, 1.82) is 0 Å². The van der Waals surface area contributed by atoms with E-state index in [0.717, 1.165) is 6.42 Å². The normalized spacial score (nSPS) is 11.8. The van der Waals surface area contributed by atoms with Crippen molar-refractivity contribution in [2.45, 2.75) is 33.7 Å². The van der Waals surface area contributed by atoms with Gasteiger partial charge in [-0.05, 0) is 40.5 Å². The highest BCUT2D eigenvalue weighted by Crippen LogP contribution is 2.25. The topological polar surface area (TPSA) is 69.6 Å². The molecule has 0 saturated heterocycles. The highest BCUT2D eigenvalue weighted by atomic mass is 19.1. The highest BCUT2D eigenvalue weighted by molar-refractivity contribution is 5.71. The molecule has 0 aliphatic heterocycles. The molecule has 1 heterocycles. The minimum Gasteiger partial charge on any atom is -0.398 e. The van der Waals surface area contributed by atoms with Crippen LogP contribution in [0, 0.1) is 11.2 Å². The molecule has 5 nitrogen and oxygen atoms in total. The van der Waals surface area contributed by atoms with Crippen molar-refractivity contribution in [3.63, 3.8) is 0 Å². The van der Waals surface area contributed by atoms with E-state index in [4.69, 9.17) is 5.73 Å². The second kappa shape index (κ2) is 4.95. The molecule has 0 amide bonds. The van der Waals surface area contributed by atoms with Crippen LogP contribution in [0.15, 0.2) is 18.2 Å². The van der Waals surface area contributed by atoms with Gasteiger partial charge in [-0.2, -0.15) is 0 Å². The number of nitrogens with two attached hydrogens (primary N) is 1. The summed E-state index contributed by atoms with van der Waals surface area (Å²) in [5.41, 5.74) is 7.00. The van der Waals surface area contributed by atoms with Crippen molar-refractivity contribution in [3.8, 4) is 11.4 Å². The molecule has 1 aromatic carbocycles. The first-order valence-electron chi connectivity index (χ1n) is 6.18. The molecule has 2 N–H and O–H groups in total. The maximum absolute atomic E-state index is 13.1. The van der Waals surface area contributed by atoms with Crippen LogP contribution in [0.25, 0.3) is 11.4 Å². The van der Waals surface area contributed by atoms with Crippen LogP contribution in [0.5, 0.6) is 0 Å². The van der Waals surface area contributed by atoms with Crippen LogP contribution in [0.4, 0.5) is 10.1 Å². The lowest BCUT2D eigenvalue weighted by molar-refractivity contribution is 0.340. The first kappa shape index (κ1) is 13.5. The third kappa shape index (κ3) is 3.27. The molecule has 6 heteroatoms. The molecule has 2 rings (SSSR count). The fourth-order valence-electron chi connectivity index (χ4n) is 1.73. The second-order valence-electron chi connectivity index (χ2n) is 5.77. The van der Waals surface area contributed by atoms with Gasteiger partial charge in [0.1, 0.15) is 5.82 Å². The van der Waals surface area contributed by atoms with Crippen molar-refractivity contribution >= 4 is 5.69 Å². The Morgan fingerprint density at radius 3 is 2.68 bits per heavy atom. The Morgan fingerprint density at radius 2 is 2.05 bits per heavy atom. The summed E-state index contributed by atoms with van der Waals surface area (Å²) in [6.45, 7) is 7.17. The number of aromatic nitrogens is 4. The van der Waals surface area contributed by atoms with E-state index < -0.39 is 0 Å². The Morgan fingerprint density at radius 1 is 1.32 bits per heavy atom. The average Bonchev–Trinajstić information content (AvgIpc) is 2.73. The Balaban J connectivity index is 2.28. The molecule has 0 aliphatic carbocycles. The molecule has 0 atom stereocenters. The van der Waals surface area contributed by atoms with Crippen LogP contribution < -0.4 is 5.73 Å². The summed E-state index contributed by atoms with van der Waals surface area (Å²) in [6.07, 6.45) is 0.937. The molecule has 0 bridgehead atoms. The molecule has 2 aromatic rings. The maximum Gasteiger partial charge on any atom is 0.184 e. The molecule has 1 aromatic heterocycles. The predicted molar refractivity (Wildman–Crippen MR) is 71.7 cm³/mol. The SMILES string of the molecule is CC(C)(C)CCn1nnnc1-c1ccc(F)cc1N. The van der Waals surface area contributed by atoms with Crippen LogP contribution in [-0.2, 0) is 6.54 Å². The summed E-state index contributed by atoms with van der Waals surface area (Å²) in [5, 5.41) is 11.6. The Kier molecular flexibility index (Phi) is 3.50. The number of hydrogen-bond donors (Lipinski definition) is 1. The van der Waals surface area contributed by atoms with E-state index in [9.17, 15) is 4.39 Å². The van der Waals surface area contributed by atoms with Crippen molar-refractivity contribution in [2.24, 2.45) is 5.41 Å². The van der Waals surface area contributed by atoms with Crippen LogP contribution in [-0.4, -0.2) is 20.2 Å². The lowest BCUT2D eigenvalue weighted by atomic mass is 9.92. The molecule has 0 saturated carbocycles. The van der Waals surface area contributed by atoms with E-state index in [-0.39, 0.29) is 11.2 Å². The Hall–Kier alpha value is -1.98. The van der Waals surface area contributed by atoms with Gasteiger partial charge in [-0.25, -0.2) is 9.07 Å². The third-order valence-corrected chi connectivity index (χ3v) is 2.86. The van der Waals surface area contributed by atoms with Gasteiger partial charge in [0.2, 0.25) is 0 Å². The van der Waals surface area contributed by atoms with Crippen LogP contribution >= 0.6 is 0 Å². The van der Waals surface area contributed by atoms with Crippen molar-refractivity contribution in [3.05, 3.63) is 24.0 Å². The van der Waals surface area contributed by atoms with E-state index in [1.807, 2.05) is 0 Å². The van der Waals surface area contributed by atoms with Gasteiger partial charge in [-0.3, -0.25) is 0 Å². The number of anilines is 1. The highest BCUT2D eigenvalue weighted by Gasteiger charge is 2.15. The van der Waals surface area contributed by atoms with Crippen LogP contribution in [0.2, 0.25) is 0 Å². The lowest BCUT2D eigenvalue weighted by Gasteiger charge is -2.17. The van der Waals surface area contributed by atoms with Gasteiger partial charge < -0.3 is 5.73 Å². The summed E-state index contributed by atoms with van der Waals surface area (Å²) in [4.78, 5) is 0. The quantitative estimate of drug-likeness (QED) is 0.864. The predicted octanol–water partition coefficient (Wildman–Crippen LogP) is 2.50. The first-order chi connectivity index (χ1) is 8.87. The molecule has 0 fully saturated rings. The molecule has 0 radical (unpaired) electrons. The van der Waals surface area contributed by atoms with Crippen molar-refractivity contribution in [2.75, 3.05) is 5.73 Å². The number of hydrogen-bond acceptors (Lipinski definition) is 4. The van der Waals surface area contributed by atoms with E-state index >= 15 is 0 Å². The molecule has 102 valence electrons. The van der Waals surface area contributed by atoms with Crippen LogP contribution in [0.3, 0.4) is 0 Å². The van der Waals surface area contributed by atoms with Crippen molar-refractivity contribution in [1.82, 2.24) is 20.2 Å². The van der Waals surface area contributed by atoms with Gasteiger partial charge in [-0.1, -0.05) is 20.8 Å². The molecule has 0 aliphatic rings. The van der Waals surface area contributed by atoms with Crippen LogP contribution in [0.1, 0.15) is 27.2 Å². The van der Waals surface area contributed by atoms with E-state index in [1.54, 1.807) is 10.7 Å². The van der Waals surface area contributed by atoms with Gasteiger partial charge in [-0.15, -0.1) is 5.10 Å². The van der Waals surface area contributed by atoms with E-state index in [0.29, 0.717) is 23.6 Å². The minimum atomic E-state index is -0.366. The third-order valence-electron chi connectivity index (χ3n) is 2.86. The number of halogens is 1. The largest absolute Gasteiger partial charge is 0.398 e. The molecule has 19 heavy (non-hydrogen) atoms. The maximum atomic E-state index is 13.1. The Bertz CT molecular complexity index is 571. The number of nitrogens with zero attached hydrogens (tertiary/aromatic N) is 4. The lowest BCUT2D eigenvalue weighted by Crippen LogP contribution is -2.12.